The summed E-state index contributed by atoms with van der Waals surface area (Å²) < 4.78 is 4.65. The van der Waals surface area contributed by atoms with Crippen molar-refractivity contribution in [2.45, 2.75) is 11.2 Å². The molecule has 0 aliphatic carbocycles. The quantitative estimate of drug-likeness (QED) is 0.478. The molecule has 1 atom stereocenters. The third-order valence-electron chi connectivity index (χ3n) is 1.99. The van der Waals surface area contributed by atoms with Crippen molar-refractivity contribution in [1.82, 2.24) is 0 Å². The van der Waals surface area contributed by atoms with Gasteiger partial charge in [0, 0.05) is 0 Å². The van der Waals surface area contributed by atoms with E-state index < -0.39 is 0 Å². The normalized spacial score (nSPS) is 11.9. The van der Waals surface area contributed by atoms with Crippen molar-refractivity contribution in [3.63, 3.8) is 0 Å². The van der Waals surface area contributed by atoms with E-state index in [0.29, 0.717) is 12.0 Å². The Kier molecular flexibility index (Phi) is 4.49. The zero-order valence-electron chi connectivity index (χ0n) is 8.27. The molecule has 0 aromatic heterocycles. The fourth-order valence-corrected chi connectivity index (χ4v) is 1.61. The first kappa shape index (κ1) is 11.9. The molecule has 0 fully saturated rings. The van der Waals surface area contributed by atoms with Crippen LogP contribution in [0.25, 0.3) is 0 Å². The van der Waals surface area contributed by atoms with Crippen LogP contribution in [0.3, 0.4) is 0 Å². The smallest absolute Gasteiger partial charge is 0.338 e. The number of carbonyl (C=O) groups is 2. The molecule has 0 bridgehead atoms. The van der Waals surface area contributed by atoms with Gasteiger partial charge >= 0.3 is 5.97 Å². The predicted molar refractivity (Wildman–Crippen MR) is 60.3 cm³/mol. The number of carbonyl (C=O) groups excluding carboxylic acids is 2. The number of rotatable bonds is 4. The Morgan fingerprint density at radius 2 is 2.20 bits per heavy atom. The molecule has 0 radical (unpaired) electrons. The van der Waals surface area contributed by atoms with Gasteiger partial charge in [-0.3, -0.25) is 0 Å². The van der Waals surface area contributed by atoms with Crippen molar-refractivity contribution < 1.29 is 14.3 Å². The zero-order chi connectivity index (χ0) is 11.3. The lowest BCUT2D eigenvalue weighted by molar-refractivity contribution is -0.107. The Bertz CT molecular complexity index is 363. The lowest BCUT2D eigenvalue weighted by Crippen LogP contribution is -2.10. The van der Waals surface area contributed by atoms with Gasteiger partial charge in [-0.1, -0.05) is 34.1 Å². The molecule has 0 spiro atoms. The van der Waals surface area contributed by atoms with Gasteiger partial charge in [-0.25, -0.2) is 4.79 Å². The highest BCUT2D eigenvalue weighted by Crippen LogP contribution is 2.14. The van der Waals surface area contributed by atoms with Crippen LogP contribution < -0.4 is 0 Å². The number of alkyl halides is 1. The van der Waals surface area contributed by atoms with Crippen LogP contribution in [-0.4, -0.2) is 24.2 Å². The third-order valence-corrected chi connectivity index (χ3v) is 2.52. The molecule has 1 unspecified atom stereocenters. The van der Waals surface area contributed by atoms with E-state index in [2.05, 4.69) is 20.7 Å². The van der Waals surface area contributed by atoms with Crippen LogP contribution in [0.1, 0.15) is 15.9 Å². The average Bonchev–Trinajstić information content (AvgIpc) is 2.28. The summed E-state index contributed by atoms with van der Waals surface area (Å²) >= 11 is 3.20. The molecule has 1 rings (SSSR count). The Labute approximate surface area is 96.6 Å². The Morgan fingerprint density at radius 3 is 2.80 bits per heavy atom. The number of ether oxygens (including phenoxy) is 1. The van der Waals surface area contributed by atoms with E-state index in [1.807, 2.05) is 12.1 Å². The van der Waals surface area contributed by atoms with Gasteiger partial charge in [0.05, 0.1) is 17.5 Å². The van der Waals surface area contributed by atoms with Crippen LogP contribution in [-0.2, 0) is 16.0 Å². The third kappa shape index (κ3) is 3.16. The molecular formula is C11H11BrO3. The van der Waals surface area contributed by atoms with Gasteiger partial charge in [0.2, 0.25) is 0 Å². The monoisotopic (exact) mass is 270 g/mol. The van der Waals surface area contributed by atoms with Crippen molar-refractivity contribution in [3.05, 3.63) is 35.4 Å². The van der Waals surface area contributed by atoms with Gasteiger partial charge in [-0.05, 0) is 18.1 Å². The Hall–Kier alpha value is -1.16. The second-order valence-corrected chi connectivity index (χ2v) is 4.18. The van der Waals surface area contributed by atoms with E-state index >= 15 is 0 Å². The number of aldehydes is 1. The second kappa shape index (κ2) is 5.66. The number of halogens is 1. The van der Waals surface area contributed by atoms with Crippen LogP contribution in [0.4, 0.5) is 0 Å². The van der Waals surface area contributed by atoms with Crippen LogP contribution in [0, 0.1) is 0 Å². The van der Waals surface area contributed by atoms with E-state index in [4.69, 9.17) is 0 Å². The molecule has 1 aromatic rings. The summed E-state index contributed by atoms with van der Waals surface area (Å²) in [4.78, 5) is 21.6. The maximum Gasteiger partial charge on any atom is 0.338 e. The summed E-state index contributed by atoms with van der Waals surface area (Å²) in [5, 5.41) is 0. The summed E-state index contributed by atoms with van der Waals surface area (Å²) in [7, 11) is 1.34. The largest absolute Gasteiger partial charge is 0.465 e. The lowest BCUT2D eigenvalue weighted by Gasteiger charge is -2.07. The maximum absolute atomic E-state index is 11.4. The van der Waals surface area contributed by atoms with Crippen molar-refractivity contribution in [2.75, 3.05) is 7.11 Å². The number of benzene rings is 1. The number of esters is 1. The summed E-state index contributed by atoms with van der Waals surface area (Å²) in [6.45, 7) is 0. The van der Waals surface area contributed by atoms with E-state index in [0.717, 1.165) is 11.8 Å². The van der Waals surface area contributed by atoms with Gasteiger partial charge in [-0.2, -0.15) is 0 Å². The van der Waals surface area contributed by atoms with Gasteiger partial charge in [0.25, 0.3) is 0 Å². The molecular weight excluding hydrogens is 260 g/mol. The van der Waals surface area contributed by atoms with Gasteiger partial charge < -0.3 is 9.53 Å². The lowest BCUT2D eigenvalue weighted by atomic mass is 10.0. The van der Waals surface area contributed by atoms with Crippen molar-refractivity contribution >= 4 is 28.2 Å². The van der Waals surface area contributed by atoms with Crippen LogP contribution in [0.5, 0.6) is 0 Å². The first-order valence-corrected chi connectivity index (χ1v) is 5.36. The fourth-order valence-electron chi connectivity index (χ4n) is 1.27. The molecule has 0 heterocycles. The number of hydrogen-bond acceptors (Lipinski definition) is 3. The summed E-state index contributed by atoms with van der Waals surface area (Å²) in [6, 6.07) is 7.09. The van der Waals surface area contributed by atoms with Gasteiger partial charge in [0.15, 0.2) is 0 Å². The Morgan fingerprint density at radius 1 is 1.53 bits per heavy atom. The molecule has 4 heteroatoms. The Balaban J connectivity index is 2.95. The predicted octanol–water partition coefficient (Wildman–Crippen LogP) is 1.98. The minimum Gasteiger partial charge on any atom is -0.465 e. The highest BCUT2D eigenvalue weighted by molar-refractivity contribution is 9.09. The molecule has 1 aromatic carbocycles. The van der Waals surface area contributed by atoms with Crippen LogP contribution in [0.2, 0.25) is 0 Å². The highest BCUT2D eigenvalue weighted by atomic mass is 79.9. The molecule has 0 saturated carbocycles. The minimum absolute atomic E-state index is 0.275. The van der Waals surface area contributed by atoms with Crippen molar-refractivity contribution in [1.29, 1.82) is 0 Å². The molecule has 0 aliphatic rings. The fraction of sp³-hybridized carbons (Fsp3) is 0.273. The molecule has 0 aliphatic heterocycles. The second-order valence-electron chi connectivity index (χ2n) is 3.00. The minimum atomic E-state index is -0.379. The zero-order valence-corrected chi connectivity index (χ0v) is 9.86. The molecule has 0 saturated heterocycles. The van der Waals surface area contributed by atoms with Crippen molar-refractivity contribution in [3.8, 4) is 0 Å². The first-order valence-electron chi connectivity index (χ1n) is 4.44. The van der Waals surface area contributed by atoms with Crippen LogP contribution >= 0.6 is 15.9 Å². The van der Waals surface area contributed by atoms with Crippen molar-refractivity contribution in [2.24, 2.45) is 0 Å². The number of methoxy groups -OCH3 is 1. The maximum atomic E-state index is 11.4. The molecule has 3 nitrogen and oxygen atoms in total. The first-order chi connectivity index (χ1) is 7.19. The summed E-state index contributed by atoms with van der Waals surface area (Å²) in [5.74, 6) is -0.379. The average molecular weight is 271 g/mol. The molecule has 15 heavy (non-hydrogen) atoms. The molecule has 0 amide bonds. The van der Waals surface area contributed by atoms with E-state index in [9.17, 15) is 9.59 Å². The van der Waals surface area contributed by atoms with E-state index in [-0.39, 0.29) is 10.8 Å². The molecule has 80 valence electrons. The van der Waals surface area contributed by atoms with Gasteiger partial charge in [0.1, 0.15) is 6.29 Å². The number of hydrogen-bond donors (Lipinski definition) is 0. The van der Waals surface area contributed by atoms with E-state index in [1.165, 1.54) is 7.11 Å². The topological polar surface area (TPSA) is 43.4 Å². The highest BCUT2D eigenvalue weighted by Gasteiger charge is 2.13. The van der Waals surface area contributed by atoms with Crippen LogP contribution in [0.15, 0.2) is 24.3 Å². The SMILES string of the molecule is COC(=O)c1ccccc1CC(Br)C=O. The summed E-state index contributed by atoms with van der Waals surface area (Å²) in [6.07, 6.45) is 1.28. The summed E-state index contributed by atoms with van der Waals surface area (Å²) in [5.41, 5.74) is 1.31. The standard InChI is InChI=1S/C11H11BrO3/c1-15-11(14)10-5-3-2-4-8(10)6-9(12)7-13/h2-5,7,9H,6H2,1H3. The molecule has 0 N–H and O–H groups in total. The van der Waals surface area contributed by atoms with E-state index in [1.54, 1.807) is 12.1 Å². The van der Waals surface area contributed by atoms with Gasteiger partial charge in [-0.15, -0.1) is 0 Å².